The number of hydrogen-bond acceptors (Lipinski definition) is 5. The van der Waals surface area contributed by atoms with Crippen molar-refractivity contribution in [2.24, 2.45) is 0 Å². The molecule has 350 valence electrons. The van der Waals surface area contributed by atoms with Crippen molar-refractivity contribution in [2.45, 2.75) is 277 Å². The third-order valence-electron chi connectivity index (χ3n) is 11.6. The largest absolute Gasteiger partial charge is 0.462 e. The zero-order valence-electron chi connectivity index (χ0n) is 39.8. The molecule has 0 aromatic carbocycles. The number of allylic oxidation sites excluding steroid dienone is 8. The SMILES string of the molecule is CC/C=C/C/C=C/CCCCCCCCCC(=O)OC(CCCCCCC/C=C\C/C=C\CCCCC)CC(=O)NC(CO)C(O)CCCCCCCCCCCCCC. The molecule has 3 unspecified atom stereocenters. The molecule has 60 heavy (non-hydrogen) atoms. The Balaban J connectivity index is 4.62. The van der Waals surface area contributed by atoms with Crippen LogP contribution in [-0.4, -0.2) is 46.9 Å². The molecule has 0 aliphatic rings. The highest BCUT2D eigenvalue weighted by Gasteiger charge is 2.24. The summed E-state index contributed by atoms with van der Waals surface area (Å²) in [6.45, 7) is 6.35. The summed E-state index contributed by atoms with van der Waals surface area (Å²) in [4.78, 5) is 26.1. The molecule has 0 saturated carbocycles. The van der Waals surface area contributed by atoms with Crippen molar-refractivity contribution in [3.63, 3.8) is 0 Å². The maximum Gasteiger partial charge on any atom is 0.306 e. The van der Waals surface area contributed by atoms with Crippen LogP contribution >= 0.6 is 0 Å². The van der Waals surface area contributed by atoms with Gasteiger partial charge in [0.05, 0.1) is 25.2 Å². The Bertz CT molecular complexity index is 1040. The molecule has 6 nitrogen and oxygen atoms in total. The number of hydrogen-bond donors (Lipinski definition) is 3. The van der Waals surface area contributed by atoms with E-state index in [0.717, 1.165) is 89.9 Å². The van der Waals surface area contributed by atoms with Gasteiger partial charge in [-0.15, -0.1) is 0 Å². The normalized spacial score (nSPS) is 13.6. The van der Waals surface area contributed by atoms with Gasteiger partial charge in [-0.25, -0.2) is 0 Å². The first kappa shape index (κ1) is 57.8. The molecule has 0 rings (SSSR count). The minimum Gasteiger partial charge on any atom is -0.462 e. The van der Waals surface area contributed by atoms with Gasteiger partial charge in [-0.3, -0.25) is 9.59 Å². The lowest BCUT2D eigenvalue weighted by molar-refractivity contribution is -0.151. The summed E-state index contributed by atoms with van der Waals surface area (Å²) < 4.78 is 5.93. The maximum absolute atomic E-state index is 13.2. The van der Waals surface area contributed by atoms with Crippen LogP contribution in [0.5, 0.6) is 0 Å². The topological polar surface area (TPSA) is 95.9 Å². The molecule has 0 fully saturated rings. The van der Waals surface area contributed by atoms with Gasteiger partial charge in [-0.05, 0) is 83.5 Å². The summed E-state index contributed by atoms with van der Waals surface area (Å²) in [6.07, 6.45) is 57.4. The van der Waals surface area contributed by atoms with Gasteiger partial charge in [0.25, 0.3) is 0 Å². The van der Waals surface area contributed by atoms with Crippen LogP contribution in [0.15, 0.2) is 48.6 Å². The molecular formula is C54H99NO5. The van der Waals surface area contributed by atoms with E-state index in [2.05, 4.69) is 74.7 Å². The highest BCUT2D eigenvalue weighted by Crippen LogP contribution is 2.18. The molecule has 0 aliphatic carbocycles. The van der Waals surface area contributed by atoms with Crippen LogP contribution in [0.3, 0.4) is 0 Å². The van der Waals surface area contributed by atoms with Crippen LogP contribution in [-0.2, 0) is 14.3 Å². The van der Waals surface area contributed by atoms with Gasteiger partial charge in [0.2, 0.25) is 5.91 Å². The number of carbonyl (C=O) groups excluding carboxylic acids is 2. The van der Waals surface area contributed by atoms with Gasteiger partial charge in [0.1, 0.15) is 6.10 Å². The Labute approximate surface area is 372 Å². The van der Waals surface area contributed by atoms with E-state index in [1.807, 2.05) is 0 Å². The highest BCUT2D eigenvalue weighted by atomic mass is 16.5. The first-order valence-corrected chi connectivity index (χ1v) is 25.9. The van der Waals surface area contributed by atoms with Crippen molar-refractivity contribution >= 4 is 11.9 Å². The number of rotatable bonds is 46. The number of aliphatic hydroxyl groups excluding tert-OH is 2. The number of nitrogens with one attached hydrogen (secondary N) is 1. The number of esters is 1. The summed E-state index contributed by atoms with van der Waals surface area (Å²) in [5, 5.41) is 23.8. The van der Waals surface area contributed by atoms with Crippen molar-refractivity contribution in [1.82, 2.24) is 5.32 Å². The van der Waals surface area contributed by atoms with Crippen molar-refractivity contribution in [2.75, 3.05) is 6.61 Å². The van der Waals surface area contributed by atoms with Crippen LogP contribution in [0.2, 0.25) is 0 Å². The number of carbonyl (C=O) groups is 2. The molecule has 1 amide bonds. The maximum atomic E-state index is 13.2. The molecule has 0 radical (unpaired) electrons. The Hall–Kier alpha value is -2.18. The van der Waals surface area contributed by atoms with E-state index in [4.69, 9.17) is 4.74 Å². The molecule has 3 atom stereocenters. The van der Waals surface area contributed by atoms with Gasteiger partial charge in [0.15, 0.2) is 0 Å². The zero-order valence-corrected chi connectivity index (χ0v) is 39.8. The van der Waals surface area contributed by atoms with Crippen molar-refractivity contribution in [1.29, 1.82) is 0 Å². The Morgan fingerprint density at radius 1 is 0.500 bits per heavy atom. The zero-order chi connectivity index (χ0) is 43.8. The molecule has 3 N–H and O–H groups in total. The van der Waals surface area contributed by atoms with Crippen molar-refractivity contribution < 1.29 is 24.5 Å². The molecule has 0 aromatic rings. The first-order chi connectivity index (χ1) is 29.5. The van der Waals surface area contributed by atoms with Crippen LogP contribution in [0.4, 0.5) is 0 Å². The third kappa shape index (κ3) is 42.5. The summed E-state index contributed by atoms with van der Waals surface area (Å²) in [7, 11) is 0. The predicted octanol–water partition coefficient (Wildman–Crippen LogP) is 15.5. The van der Waals surface area contributed by atoms with Gasteiger partial charge >= 0.3 is 5.97 Å². The van der Waals surface area contributed by atoms with Crippen molar-refractivity contribution in [3.05, 3.63) is 48.6 Å². The molecule has 0 aromatic heterocycles. The predicted molar refractivity (Wildman–Crippen MR) is 259 cm³/mol. The molecule has 0 saturated heterocycles. The fraction of sp³-hybridized carbons (Fsp3) is 0.815. The second-order valence-electron chi connectivity index (χ2n) is 17.5. The van der Waals surface area contributed by atoms with E-state index in [-0.39, 0.29) is 24.9 Å². The van der Waals surface area contributed by atoms with Crippen LogP contribution in [0, 0.1) is 0 Å². The Morgan fingerprint density at radius 2 is 0.900 bits per heavy atom. The second kappa shape index (κ2) is 47.9. The number of amides is 1. The lowest BCUT2D eigenvalue weighted by atomic mass is 10.0. The third-order valence-corrected chi connectivity index (χ3v) is 11.6. The molecular weight excluding hydrogens is 743 g/mol. The Morgan fingerprint density at radius 3 is 1.38 bits per heavy atom. The van der Waals surface area contributed by atoms with E-state index in [1.165, 1.54) is 122 Å². The van der Waals surface area contributed by atoms with E-state index >= 15 is 0 Å². The second-order valence-corrected chi connectivity index (χ2v) is 17.5. The summed E-state index contributed by atoms with van der Waals surface area (Å²) in [6, 6.07) is -0.707. The molecule has 0 heterocycles. The minimum atomic E-state index is -0.792. The lowest BCUT2D eigenvalue weighted by Gasteiger charge is -2.24. The van der Waals surface area contributed by atoms with E-state index in [1.54, 1.807) is 0 Å². The van der Waals surface area contributed by atoms with Gasteiger partial charge < -0.3 is 20.3 Å². The van der Waals surface area contributed by atoms with Crippen LogP contribution < -0.4 is 5.32 Å². The average molecular weight is 842 g/mol. The minimum absolute atomic E-state index is 0.0655. The smallest absolute Gasteiger partial charge is 0.306 e. The van der Waals surface area contributed by atoms with Crippen LogP contribution in [0.25, 0.3) is 0 Å². The van der Waals surface area contributed by atoms with Crippen molar-refractivity contribution in [3.8, 4) is 0 Å². The quantitative estimate of drug-likeness (QED) is 0.0322. The highest BCUT2D eigenvalue weighted by molar-refractivity contribution is 5.77. The van der Waals surface area contributed by atoms with Gasteiger partial charge in [0, 0.05) is 6.42 Å². The molecule has 0 aliphatic heterocycles. The van der Waals surface area contributed by atoms with E-state index < -0.39 is 18.2 Å². The molecule has 6 heteroatoms. The fourth-order valence-corrected chi connectivity index (χ4v) is 7.73. The van der Waals surface area contributed by atoms with Gasteiger partial charge in [-0.1, -0.05) is 211 Å². The summed E-state index contributed by atoms with van der Waals surface area (Å²) in [5.41, 5.74) is 0. The molecule has 0 spiro atoms. The fourth-order valence-electron chi connectivity index (χ4n) is 7.73. The Kier molecular flexibility index (Phi) is 46.1. The lowest BCUT2D eigenvalue weighted by Crippen LogP contribution is -2.46. The summed E-state index contributed by atoms with van der Waals surface area (Å²) >= 11 is 0. The first-order valence-electron chi connectivity index (χ1n) is 25.9. The monoisotopic (exact) mass is 842 g/mol. The number of ether oxygens (including phenoxy) is 1. The number of unbranched alkanes of at least 4 members (excludes halogenated alkanes) is 26. The average Bonchev–Trinajstić information content (AvgIpc) is 3.24. The van der Waals surface area contributed by atoms with Crippen LogP contribution in [0.1, 0.15) is 258 Å². The molecule has 0 bridgehead atoms. The number of aliphatic hydroxyl groups is 2. The van der Waals surface area contributed by atoms with Gasteiger partial charge in [-0.2, -0.15) is 0 Å². The summed E-state index contributed by atoms with van der Waals surface area (Å²) in [5.74, 6) is -0.492. The van der Waals surface area contributed by atoms with E-state index in [9.17, 15) is 19.8 Å². The van der Waals surface area contributed by atoms with E-state index in [0.29, 0.717) is 19.3 Å². The standard InChI is InChI=1S/C54H99NO5/c1-4-7-10-13-16-19-22-25-27-28-30-33-36-39-42-45-50(60-54(59)47-44-41-38-35-32-29-26-23-20-17-14-11-8-5-2)48-53(58)55-51(49-56)52(57)46-43-40-37-34-31-24-21-18-15-12-9-6-3/h8,11,16-17,19-20,25,27,50-52,56-57H,4-7,9-10,12-15,18,21-24,26,28-49H2,1-3H3,(H,55,58)/b11-8+,19-16-,20-17+,27-25-.